The Bertz CT molecular complexity index is 1160. The normalized spacial score (nSPS) is 14.9. The zero-order valence-corrected chi connectivity index (χ0v) is 18.9. The third-order valence-electron chi connectivity index (χ3n) is 4.96. The van der Waals surface area contributed by atoms with Crippen LogP contribution in [0.2, 0.25) is 0 Å². The van der Waals surface area contributed by atoms with Gasteiger partial charge in [-0.25, -0.2) is 13.1 Å². The third-order valence-corrected chi connectivity index (χ3v) is 7.57. The quantitative estimate of drug-likeness (QED) is 0.482. The molecule has 168 valence electrons. The van der Waals surface area contributed by atoms with Crippen molar-refractivity contribution in [2.24, 2.45) is 0 Å². The highest BCUT2D eigenvalue weighted by atomic mass is 32.2. The lowest BCUT2D eigenvalue weighted by atomic mass is 10.1. The number of ether oxygens (including phenoxy) is 1. The highest BCUT2D eigenvalue weighted by molar-refractivity contribution is 7.91. The lowest BCUT2D eigenvalue weighted by Crippen LogP contribution is -2.36. The summed E-state index contributed by atoms with van der Waals surface area (Å²) >= 11 is 0.804. The summed E-state index contributed by atoms with van der Waals surface area (Å²) in [6, 6.07) is 16.3. The van der Waals surface area contributed by atoms with Crippen LogP contribution in [-0.4, -0.2) is 55.7 Å². The molecular weight excluding hydrogens is 450 g/mol. The number of anilines is 1. The fourth-order valence-electron chi connectivity index (χ4n) is 3.25. The van der Waals surface area contributed by atoms with Gasteiger partial charge in [-0.05, 0) is 23.3 Å². The number of aromatic nitrogens is 2. The molecule has 0 spiro atoms. The first-order chi connectivity index (χ1) is 15.5. The lowest BCUT2D eigenvalue weighted by Gasteiger charge is -2.27. The molecule has 0 bridgehead atoms. The molecule has 1 fully saturated rings. The van der Waals surface area contributed by atoms with E-state index in [1.54, 1.807) is 30.3 Å². The van der Waals surface area contributed by atoms with Gasteiger partial charge in [-0.3, -0.25) is 15.0 Å². The van der Waals surface area contributed by atoms with Gasteiger partial charge in [0.2, 0.25) is 9.47 Å². The molecular formula is C21H23N5O4S2. The molecule has 1 aliphatic heterocycles. The Balaban J connectivity index is 1.39. The van der Waals surface area contributed by atoms with Gasteiger partial charge >= 0.3 is 0 Å². The fourth-order valence-corrected chi connectivity index (χ4v) is 5.19. The first kappa shape index (κ1) is 22.5. The minimum absolute atomic E-state index is 0.118. The minimum Gasteiger partial charge on any atom is -0.379 e. The van der Waals surface area contributed by atoms with Crippen LogP contribution in [0.3, 0.4) is 0 Å². The average molecular weight is 474 g/mol. The maximum atomic E-state index is 12.7. The van der Waals surface area contributed by atoms with E-state index in [4.69, 9.17) is 4.74 Å². The van der Waals surface area contributed by atoms with E-state index in [9.17, 15) is 13.2 Å². The Labute approximate surface area is 190 Å². The maximum Gasteiger partial charge on any atom is 0.270 e. The zero-order valence-electron chi connectivity index (χ0n) is 17.2. The van der Waals surface area contributed by atoms with Crippen molar-refractivity contribution in [2.75, 3.05) is 31.6 Å². The number of benzene rings is 2. The number of hydrogen-bond acceptors (Lipinski definition) is 8. The smallest absolute Gasteiger partial charge is 0.270 e. The topological polar surface area (TPSA) is 114 Å². The molecule has 1 amide bonds. The van der Waals surface area contributed by atoms with Crippen LogP contribution < -0.4 is 10.0 Å². The number of hydrogen-bond donors (Lipinski definition) is 2. The van der Waals surface area contributed by atoms with Crippen molar-refractivity contribution in [3.63, 3.8) is 0 Å². The first-order valence-corrected chi connectivity index (χ1v) is 12.4. The maximum absolute atomic E-state index is 12.7. The molecule has 1 aliphatic rings. The number of nitrogens with one attached hydrogen (secondary N) is 2. The van der Waals surface area contributed by atoms with Crippen molar-refractivity contribution in [2.45, 2.75) is 17.4 Å². The van der Waals surface area contributed by atoms with Crippen molar-refractivity contribution < 1.29 is 17.9 Å². The molecule has 0 radical (unpaired) electrons. The van der Waals surface area contributed by atoms with Crippen molar-refractivity contribution in [1.82, 2.24) is 19.8 Å². The molecule has 3 aromatic rings. The highest BCUT2D eigenvalue weighted by Crippen LogP contribution is 2.21. The Morgan fingerprint density at radius 2 is 1.69 bits per heavy atom. The summed E-state index contributed by atoms with van der Waals surface area (Å²) in [7, 11) is -3.88. The van der Waals surface area contributed by atoms with Crippen LogP contribution in [0.4, 0.5) is 5.13 Å². The van der Waals surface area contributed by atoms with Crippen LogP contribution in [0.1, 0.15) is 21.5 Å². The number of amides is 1. The van der Waals surface area contributed by atoms with Crippen molar-refractivity contribution in [1.29, 1.82) is 0 Å². The second-order valence-corrected chi connectivity index (χ2v) is 10.1. The van der Waals surface area contributed by atoms with E-state index in [1.165, 1.54) is 0 Å². The third kappa shape index (κ3) is 5.75. The zero-order chi connectivity index (χ0) is 22.4. The van der Waals surface area contributed by atoms with E-state index in [0.29, 0.717) is 18.8 Å². The van der Waals surface area contributed by atoms with Crippen LogP contribution >= 0.6 is 11.3 Å². The molecule has 0 saturated carbocycles. The van der Waals surface area contributed by atoms with Gasteiger partial charge in [0.15, 0.2) is 0 Å². The van der Waals surface area contributed by atoms with Gasteiger partial charge in [-0.1, -0.05) is 53.8 Å². The van der Waals surface area contributed by atoms with Gasteiger partial charge in [0.25, 0.3) is 15.9 Å². The van der Waals surface area contributed by atoms with E-state index >= 15 is 0 Å². The standard InChI is InChI=1S/C21H23N5O4S2/c27-19(16-6-2-1-3-7-16)23-20-24-25-21(31-20)32(28,29)22-14-17-8-4-5-9-18(17)15-26-10-12-30-13-11-26/h1-9,22H,10-15H2,(H,23,24,27). The minimum atomic E-state index is -3.88. The Hall–Kier alpha value is -2.70. The second-order valence-electron chi connectivity index (χ2n) is 7.18. The molecule has 1 saturated heterocycles. The number of morpholine rings is 1. The molecule has 9 nitrogen and oxygen atoms in total. The van der Waals surface area contributed by atoms with Gasteiger partial charge in [0.1, 0.15) is 0 Å². The van der Waals surface area contributed by atoms with Crippen molar-refractivity contribution >= 4 is 32.4 Å². The van der Waals surface area contributed by atoms with Crippen LogP contribution in [-0.2, 0) is 27.8 Å². The van der Waals surface area contributed by atoms with E-state index in [2.05, 4.69) is 25.1 Å². The van der Waals surface area contributed by atoms with E-state index in [0.717, 1.165) is 42.1 Å². The molecule has 1 aromatic heterocycles. The van der Waals surface area contributed by atoms with Gasteiger partial charge in [0.05, 0.1) is 13.2 Å². The molecule has 2 N–H and O–H groups in total. The highest BCUT2D eigenvalue weighted by Gasteiger charge is 2.22. The summed E-state index contributed by atoms with van der Waals surface area (Å²) in [5, 5.41) is 10.2. The number of rotatable bonds is 8. The average Bonchev–Trinajstić information content (AvgIpc) is 3.29. The summed E-state index contributed by atoms with van der Waals surface area (Å²) in [5.41, 5.74) is 2.40. The predicted molar refractivity (Wildman–Crippen MR) is 121 cm³/mol. The molecule has 11 heteroatoms. The number of sulfonamides is 1. The van der Waals surface area contributed by atoms with Gasteiger partial charge in [-0.15, -0.1) is 10.2 Å². The number of nitrogens with zero attached hydrogens (tertiary/aromatic N) is 3. The van der Waals surface area contributed by atoms with E-state index in [-0.39, 0.29) is 21.9 Å². The Kier molecular flexibility index (Phi) is 7.22. The van der Waals surface area contributed by atoms with Crippen molar-refractivity contribution in [3.8, 4) is 0 Å². The molecule has 2 heterocycles. The molecule has 0 aliphatic carbocycles. The van der Waals surface area contributed by atoms with E-state index < -0.39 is 10.0 Å². The van der Waals surface area contributed by atoms with Crippen LogP contribution in [0.25, 0.3) is 0 Å². The molecule has 32 heavy (non-hydrogen) atoms. The Morgan fingerprint density at radius 3 is 2.44 bits per heavy atom. The molecule has 0 atom stereocenters. The molecule has 0 unspecified atom stereocenters. The van der Waals surface area contributed by atoms with Crippen LogP contribution in [0, 0.1) is 0 Å². The predicted octanol–water partition coefficient (Wildman–Crippen LogP) is 2.10. The molecule has 2 aromatic carbocycles. The summed E-state index contributed by atoms with van der Waals surface area (Å²) in [5.74, 6) is -0.379. The number of carbonyl (C=O) groups excluding carboxylic acids is 1. The van der Waals surface area contributed by atoms with Crippen LogP contribution in [0.15, 0.2) is 58.9 Å². The largest absolute Gasteiger partial charge is 0.379 e. The van der Waals surface area contributed by atoms with Gasteiger partial charge in [0, 0.05) is 31.7 Å². The van der Waals surface area contributed by atoms with E-state index in [1.807, 2.05) is 24.3 Å². The SMILES string of the molecule is O=C(Nc1nnc(S(=O)(=O)NCc2ccccc2CN2CCOCC2)s1)c1ccccc1. The van der Waals surface area contributed by atoms with Crippen molar-refractivity contribution in [3.05, 3.63) is 71.3 Å². The summed E-state index contributed by atoms with van der Waals surface area (Å²) in [6.07, 6.45) is 0. The fraction of sp³-hybridized carbons (Fsp3) is 0.286. The first-order valence-electron chi connectivity index (χ1n) is 10.1. The second kappa shape index (κ2) is 10.3. The summed E-state index contributed by atoms with van der Waals surface area (Å²) in [4.78, 5) is 14.5. The number of carbonyl (C=O) groups is 1. The Morgan fingerprint density at radius 1 is 1.00 bits per heavy atom. The lowest BCUT2D eigenvalue weighted by molar-refractivity contribution is 0.0341. The van der Waals surface area contributed by atoms with Crippen LogP contribution in [0.5, 0.6) is 0 Å². The van der Waals surface area contributed by atoms with Gasteiger partial charge < -0.3 is 4.74 Å². The summed E-state index contributed by atoms with van der Waals surface area (Å²) in [6.45, 7) is 3.97. The monoisotopic (exact) mass is 473 g/mol. The molecule has 4 rings (SSSR count). The van der Waals surface area contributed by atoms with Gasteiger partial charge in [-0.2, -0.15) is 0 Å². The summed E-state index contributed by atoms with van der Waals surface area (Å²) < 4.78 is 33.2.